The van der Waals surface area contributed by atoms with E-state index >= 15 is 0 Å². The fraction of sp³-hybridized carbons (Fsp3) is 0.529. The number of carbonyl (C=O) groups excluding carboxylic acids is 4. The van der Waals surface area contributed by atoms with E-state index in [-0.39, 0.29) is 50.1 Å². The second-order valence-electron chi connectivity index (χ2n) is 11.1. The number of hydrogen-bond donors (Lipinski definition) is 4. The molecule has 1 atom stereocenters. The first kappa shape index (κ1) is 37.5. The van der Waals surface area contributed by atoms with Crippen LogP contribution in [0.1, 0.15) is 78.8 Å². The molecule has 47 heavy (non-hydrogen) atoms. The van der Waals surface area contributed by atoms with Crippen LogP contribution >= 0.6 is 0 Å². The van der Waals surface area contributed by atoms with E-state index < -0.39 is 12.0 Å². The molecule has 258 valence electrons. The van der Waals surface area contributed by atoms with Crippen molar-refractivity contribution in [3.63, 3.8) is 0 Å². The van der Waals surface area contributed by atoms with E-state index in [1.165, 1.54) is 0 Å². The highest BCUT2D eigenvalue weighted by atomic mass is 19.2. The number of rotatable bonds is 23. The number of anilines is 1. The minimum absolute atomic E-state index is 0.0640. The van der Waals surface area contributed by atoms with Gasteiger partial charge in [0.1, 0.15) is 6.61 Å². The minimum atomic E-state index is -1.23. The second kappa shape index (κ2) is 21.1. The number of unbranched alkanes of at least 4 members (excludes halogenated alkanes) is 1. The zero-order chi connectivity index (χ0) is 33.9. The Labute approximate surface area is 274 Å². The third-order valence-corrected chi connectivity index (χ3v) is 7.61. The van der Waals surface area contributed by atoms with E-state index in [4.69, 9.17) is 24.1 Å². The molecule has 2 aromatic carbocycles. The summed E-state index contributed by atoms with van der Waals surface area (Å²) in [5.74, 6) is -0.992. The number of benzene rings is 2. The maximum Gasteiger partial charge on any atom is 0.435 e. The number of nitrogens with one attached hydrogen (secondary N) is 3. The van der Waals surface area contributed by atoms with Gasteiger partial charge in [-0.25, -0.2) is 4.79 Å². The quantitative estimate of drug-likeness (QED) is 0.0768. The Kier molecular flexibility index (Phi) is 16.8. The zero-order valence-electron chi connectivity index (χ0n) is 26.9. The number of ketones is 1. The first-order valence-corrected chi connectivity index (χ1v) is 16.0. The summed E-state index contributed by atoms with van der Waals surface area (Å²) < 4.78 is 33.7. The molecule has 0 bridgehead atoms. The largest absolute Gasteiger partial charge is 0.447 e. The van der Waals surface area contributed by atoms with Crippen LogP contribution in [0.2, 0.25) is 0 Å². The van der Waals surface area contributed by atoms with Crippen LogP contribution in [-0.2, 0) is 28.5 Å². The standard InChI is InChI=1S/C34H46FN3O9/c1-44-17-7-20-46-21-15-36-31(41)11-5-12-32(42)37-24-13-14-26-28(22-24)29(23-47-34(43)38-35)25-8-4-9-27(33(25)26)30(40)10-6-19-45-18-3-2-16-39/h4,8-9,13-14,22,29,39H,2-3,5-7,10-12,15-21,23H2,1H3,(H,36,41)(H,37,42)(H,38,43). The third kappa shape index (κ3) is 12.3. The molecule has 12 nitrogen and oxygen atoms in total. The molecule has 0 saturated carbocycles. The summed E-state index contributed by atoms with van der Waals surface area (Å²) >= 11 is 0. The number of fused-ring (bicyclic) bond motifs is 3. The molecule has 1 unspecified atom stereocenters. The molecule has 3 rings (SSSR count). The smallest absolute Gasteiger partial charge is 0.435 e. The number of aliphatic hydroxyl groups excluding tert-OH is 1. The highest BCUT2D eigenvalue weighted by molar-refractivity contribution is 6.05. The van der Waals surface area contributed by atoms with E-state index in [9.17, 15) is 23.7 Å². The van der Waals surface area contributed by atoms with Crippen LogP contribution in [0.25, 0.3) is 11.1 Å². The predicted octanol–water partition coefficient (Wildman–Crippen LogP) is 4.44. The van der Waals surface area contributed by atoms with Crippen molar-refractivity contribution < 1.29 is 47.7 Å². The van der Waals surface area contributed by atoms with Crippen LogP contribution in [-0.4, -0.2) is 88.7 Å². The maximum absolute atomic E-state index is 13.3. The van der Waals surface area contributed by atoms with E-state index in [0.717, 1.165) is 40.6 Å². The third-order valence-electron chi connectivity index (χ3n) is 7.61. The Morgan fingerprint density at radius 2 is 1.60 bits per heavy atom. The van der Waals surface area contributed by atoms with Crippen LogP contribution in [0.4, 0.5) is 15.0 Å². The van der Waals surface area contributed by atoms with Crippen molar-refractivity contribution in [1.82, 2.24) is 10.9 Å². The number of ether oxygens (including phenoxy) is 4. The predicted molar refractivity (Wildman–Crippen MR) is 173 cm³/mol. The summed E-state index contributed by atoms with van der Waals surface area (Å²) in [5.41, 5.74) is 4.95. The molecule has 0 spiro atoms. The van der Waals surface area contributed by atoms with Gasteiger partial charge in [0.15, 0.2) is 5.78 Å². The molecule has 2 aromatic rings. The van der Waals surface area contributed by atoms with E-state index in [0.29, 0.717) is 70.1 Å². The maximum atomic E-state index is 13.3. The molecule has 0 heterocycles. The van der Waals surface area contributed by atoms with Crippen LogP contribution in [0.3, 0.4) is 0 Å². The molecule has 4 N–H and O–H groups in total. The van der Waals surface area contributed by atoms with Crippen LogP contribution in [0.5, 0.6) is 0 Å². The monoisotopic (exact) mass is 659 g/mol. The highest BCUT2D eigenvalue weighted by Crippen LogP contribution is 2.47. The Bertz CT molecular complexity index is 1320. The molecule has 0 aliphatic heterocycles. The van der Waals surface area contributed by atoms with Crippen molar-refractivity contribution in [3.8, 4) is 11.1 Å². The van der Waals surface area contributed by atoms with Crippen molar-refractivity contribution >= 4 is 29.4 Å². The molecule has 0 fully saturated rings. The van der Waals surface area contributed by atoms with Gasteiger partial charge in [-0.1, -0.05) is 28.7 Å². The zero-order valence-corrected chi connectivity index (χ0v) is 26.9. The molecule has 1 aliphatic carbocycles. The van der Waals surface area contributed by atoms with Gasteiger partial charge < -0.3 is 34.7 Å². The molecule has 0 radical (unpaired) electrons. The number of amides is 3. The summed E-state index contributed by atoms with van der Waals surface area (Å²) in [7, 11) is 1.63. The first-order valence-electron chi connectivity index (χ1n) is 16.0. The molecule has 3 amide bonds. The lowest BCUT2D eigenvalue weighted by molar-refractivity contribution is -0.121. The molecule has 0 saturated heterocycles. The fourth-order valence-electron chi connectivity index (χ4n) is 5.36. The van der Waals surface area contributed by atoms with E-state index in [1.807, 2.05) is 12.1 Å². The topological polar surface area (TPSA) is 162 Å². The fourth-order valence-corrected chi connectivity index (χ4v) is 5.36. The van der Waals surface area contributed by atoms with Gasteiger partial charge in [0.2, 0.25) is 11.8 Å². The summed E-state index contributed by atoms with van der Waals surface area (Å²) in [6.07, 6.45) is 2.47. The molecular weight excluding hydrogens is 613 g/mol. The minimum Gasteiger partial charge on any atom is -0.447 e. The lowest BCUT2D eigenvalue weighted by Gasteiger charge is -2.15. The molecular formula is C34H46FN3O9. The Balaban J connectivity index is 1.61. The van der Waals surface area contributed by atoms with Gasteiger partial charge in [0.05, 0.1) is 6.61 Å². The molecule has 0 aromatic heterocycles. The van der Waals surface area contributed by atoms with Crippen LogP contribution < -0.4 is 16.2 Å². The van der Waals surface area contributed by atoms with Crippen LogP contribution in [0, 0.1) is 0 Å². The summed E-state index contributed by atoms with van der Waals surface area (Å²) in [5, 5.41) is 14.5. The Morgan fingerprint density at radius 1 is 0.830 bits per heavy atom. The lowest BCUT2D eigenvalue weighted by Crippen LogP contribution is -2.27. The Morgan fingerprint density at radius 3 is 2.38 bits per heavy atom. The van der Waals surface area contributed by atoms with Gasteiger partial charge in [-0.05, 0) is 66.5 Å². The van der Waals surface area contributed by atoms with Gasteiger partial charge >= 0.3 is 6.09 Å². The SMILES string of the molecule is COCCCOCCNC(=O)CCCC(=O)Nc1ccc2c(c1)C(COC(=O)NF)c1cccc(C(=O)CCCOCCCCO)c1-2. The number of methoxy groups -OCH3 is 1. The van der Waals surface area contributed by atoms with Gasteiger partial charge in [-0.15, -0.1) is 0 Å². The van der Waals surface area contributed by atoms with Crippen LogP contribution in [0.15, 0.2) is 36.4 Å². The number of aliphatic hydroxyl groups is 1. The summed E-state index contributed by atoms with van der Waals surface area (Å²) in [6.45, 7) is 2.86. The van der Waals surface area contributed by atoms with Crippen molar-refractivity contribution in [2.24, 2.45) is 0 Å². The molecule has 13 heteroatoms. The van der Waals surface area contributed by atoms with E-state index in [1.54, 1.807) is 31.4 Å². The number of hydrogen-bond acceptors (Lipinski definition) is 9. The lowest BCUT2D eigenvalue weighted by atomic mass is 9.93. The van der Waals surface area contributed by atoms with Gasteiger partial charge in [-0.3, -0.25) is 14.4 Å². The number of Topliss-reactive ketones (excluding diaryl/α,β-unsaturated/α-hetero) is 1. The number of carbonyl (C=O) groups is 4. The average Bonchev–Trinajstić information content (AvgIpc) is 3.38. The molecule has 1 aliphatic rings. The summed E-state index contributed by atoms with van der Waals surface area (Å²) in [4.78, 5) is 49.7. The van der Waals surface area contributed by atoms with Crippen molar-refractivity contribution in [1.29, 1.82) is 0 Å². The second-order valence-corrected chi connectivity index (χ2v) is 11.1. The summed E-state index contributed by atoms with van der Waals surface area (Å²) in [6, 6.07) is 10.7. The Hall–Kier alpha value is -3.91. The van der Waals surface area contributed by atoms with E-state index in [2.05, 4.69) is 10.6 Å². The number of halogens is 1. The van der Waals surface area contributed by atoms with Crippen molar-refractivity contribution in [3.05, 3.63) is 53.1 Å². The van der Waals surface area contributed by atoms with Gasteiger partial charge in [0.25, 0.3) is 0 Å². The van der Waals surface area contributed by atoms with Gasteiger partial charge in [-0.2, -0.15) is 5.54 Å². The van der Waals surface area contributed by atoms with Crippen molar-refractivity contribution in [2.75, 3.05) is 65.2 Å². The normalized spacial score (nSPS) is 13.0. The van der Waals surface area contributed by atoms with Gasteiger partial charge in [0, 0.05) is 83.1 Å². The highest BCUT2D eigenvalue weighted by Gasteiger charge is 2.33. The average molecular weight is 660 g/mol. The first-order chi connectivity index (χ1) is 22.9. The van der Waals surface area contributed by atoms with Crippen molar-refractivity contribution in [2.45, 2.75) is 57.3 Å².